The Balaban J connectivity index is 2.08. The summed E-state index contributed by atoms with van der Waals surface area (Å²) in [6, 6.07) is 5.58. The number of fused-ring (bicyclic) bond motifs is 1. The molecule has 0 radical (unpaired) electrons. The van der Waals surface area contributed by atoms with Crippen molar-refractivity contribution in [3.63, 3.8) is 0 Å². The fourth-order valence-corrected chi connectivity index (χ4v) is 1.79. The number of pyridine rings is 1. The van der Waals surface area contributed by atoms with Crippen molar-refractivity contribution in [3.8, 4) is 0 Å². The largest absolute Gasteiger partial charge is 0.369 e. The van der Waals surface area contributed by atoms with Gasteiger partial charge in [0.15, 0.2) is 5.65 Å². The van der Waals surface area contributed by atoms with Gasteiger partial charge in [-0.2, -0.15) is 0 Å². The minimum Gasteiger partial charge on any atom is -0.369 e. The van der Waals surface area contributed by atoms with Crippen LogP contribution in [-0.2, 0) is 6.54 Å². The summed E-state index contributed by atoms with van der Waals surface area (Å²) in [5.41, 5.74) is 8.20. The number of nitrogens with zero attached hydrogens (tertiary/aromatic N) is 4. The number of nitrogens with two attached hydrogens (primary N) is 1. The highest BCUT2D eigenvalue weighted by atomic mass is 16.5. The lowest BCUT2D eigenvalue weighted by Gasteiger charge is -2.01. The maximum Gasteiger partial charge on any atom is 0.202 e. The molecule has 0 aliphatic carbocycles. The summed E-state index contributed by atoms with van der Waals surface area (Å²) >= 11 is 0. The normalized spacial score (nSPS) is 11.1. The zero-order chi connectivity index (χ0) is 11.8. The van der Waals surface area contributed by atoms with Crippen molar-refractivity contribution in [1.29, 1.82) is 0 Å². The molecule has 0 spiro atoms. The second-order valence-electron chi connectivity index (χ2n) is 3.83. The second kappa shape index (κ2) is 3.58. The summed E-state index contributed by atoms with van der Waals surface area (Å²) in [7, 11) is 0. The van der Waals surface area contributed by atoms with E-state index < -0.39 is 0 Å². The van der Waals surface area contributed by atoms with E-state index in [2.05, 4.69) is 15.1 Å². The zero-order valence-corrected chi connectivity index (χ0v) is 9.29. The predicted octanol–water partition coefficient (Wildman–Crippen LogP) is 1.36. The molecule has 3 heterocycles. The van der Waals surface area contributed by atoms with Crippen LogP contribution in [0.2, 0.25) is 0 Å². The van der Waals surface area contributed by atoms with Gasteiger partial charge in [-0.1, -0.05) is 5.16 Å². The van der Waals surface area contributed by atoms with Crippen molar-refractivity contribution in [2.45, 2.75) is 13.5 Å². The van der Waals surface area contributed by atoms with Crippen molar-refractivity contribution >= 4 is 17.1 Å². The van der Waals surface area contributed by atoms with Crippen LogP contribution in [0.25, 0.3) is 11.2 Å². The Hall–Kier alpha value is -2.37. The summed E-state index contributed by atoms with van der Waals surface area (Å²) in [5.74, 6) is 1.20. The van der Waals surface area contributed by atoms with Gasteiger partial charge in [-0.3, -0.25) is 4.57 Å². The first-order valence-corrected chi connectivity index (χ1v) is 5.23. The van der Waals surface area contributed by atoms with Crippen molar-refractivity contribution < 1.29 is 4.52 Å². The smallest absolute Gasteiger partial charge is 0.202 e. The highest BCUT2D eigenvalue weighted by molar-refractivity contribution is 5.73. The Labute approximate surface area is 97.1 Å². The minimum atomic E-state index is 0.430. The van der Waals surface area contributed by atoms with Crippen LogP contribution in [0, 0.1) is 6.92 Å². The van der Waals surface area contributed by atoms with Crippen LogP contribution in [0.15, 0.2) is 28.9 Å². The number of aromatic nitrogens is 4. The third-order valence-corrected chi connectivity index (χ3v) is 2.53. The Morgan fingerprint density at radius 2 is 2.35 bits per heavy atom. The molecule has 2 N–H and O–H groups in total. The molecule has 3 aromatic rings. The van der Waals surface area contributed by atoms with E-state index in [1.807, 2.05) is 29.7 Å². The molecule has 0 unspecified atom stereocenters. The van der Waals surface area contributed by atoms with Gasteiger partial charge in [0.2, 0.25) is 5.95 Å². The number of aryl methyl sites for hydroxylation is 1. The number of hydrogen-bond donors (Lipinski definition) is 1. The molecule has 0 fully saturated rings. The third kappa shape index (κ3) is 1.63. The van der Waals surface area contributed by atoms with Crippen LogP contribution >= 0.6 is 0 Å². The Morgan fingerprint density at radius 3 is 3.12 bits per heavy atom. The molecule has 0 aromatic carbocycles. The Bertz CT molecular complexity index is 669. The van der Waals surface area contributed by atoms with Crippen molar-refractivity contribution in [3.05, 3.63) is 35.9 Å². The van der Waals surface area contributed by atoms with E-state index in [9.17, 15) is 0 Å². The molecule has 0 saturated heterocycles. The second-order valence-corrected chi connectivity index (χ2v) is 3.83. The zero-order valence-electron chi connectivity index (χ0n) is 9.29. The maximum absolute atomic E-state index is 5.86. The lowest BCUT2D eigenvalue weighted by molar-refractivity contribution is 0.389. The first-order chi connectivity index (χ1) is 8.24. The van der Waals surface area contributed by atoms with Gasteiger partial charge in [-0.05, 0) is 19.1 Å². The molecule has 0 aliphatic rings. The molecule has 0 atom stereocenters. The Morgan fingerprint density at radius 1 is 1.47 bits per heavy atom. The van der Waals surface area contributed by atoms with E-state index in [1.54, 1.807) is 6.20 Å². The fraction of sp³-hybridized carbons (Fsp3) is 0.182. The Kier molecular flexibility index (Phi) is 2.07. The van der Waals surface area contributed by atoms with Gasteiger partial charge in [0.05, 0.1) is 6.54 Å². The molecule has 86 valence electrons. The van der Waals surface area contributed by atoms with Crippen LogP contribution in [0.5, 0.6) is 0 Å². The van der Waals surface area contributed by atoms with E-state index in [-0.39, 0.29) is 0 Å². The van der Waals surface area contributed by atoms with E-state index in [0.29, 0.717) is 12.5 Å². The van der Waals surface area contributed by atoms with Crippen LogP contribution in [-0.4, -0.2) is 19.7 Å². The fourth-order valence-electron chi connectivity index (χ4n) is 1.79. The van der Waals surface area contributed by atoms with Gasteiger partial charge in [-0.15, -0.1) is 0 Å². The first-order valence-electron chi connectivity index (χ1n) is 5.23. The summed E-state index contributed by atoms with van der Waals surface area (Å²) in [5, 5.41) is 3.93. The van der Waals surface area contributed by atoms with Crippen molar-refractivity contribution in [1.82, 2.24) is 19.7 Å². The molecular weight excluding hydrogens is 218 g/mol. The first kappa shape index (κ1) is 9.83. The molecule has 0 aliphatic heterocycles. The quantitative estimate of drug-likeness (QED) is 0.717. The number of rotatable bonds is 2. The topological polar surface area (TPSA) is 82.8 Å². The number of imidazole rings is 1. The number of anilines is 1. The van der Waals surface area contributed by atoms with Gasteiger partial charge < -0.3 is 10.3 Å². The highest BCUT2D eigenvalue weighted by Gasteiger charge is 2.10. The van der Waals surface area contributed by atoms with Crippen molar-refractivity contribution in [2.75, 3.05) is 5.73 Å². The third-order valence-electron chi connectivity index (χ3n) is 2.53. The van der Waals surface area contributed by atoms with E-state index >= 15 is 0 Å². The molecule has 0 saturated carbocycles. The predicted molar refractivity (Wildman–Crippen MR) is 62.3 cm³/mol. The van der Waals surface area contributed by atoms with Gasteiger partial charge in [-0.25, -0.2) is 9.97 Å². The molecule has 0 bridgehead atoms. The standard InChI is InChI=1S/C11H11N5O/c1-7-5-8(15-17-7)6-16-10-9(14-11(16)12)3-2-4-13-10/h2-5H,6H2,1H3,(H2,12,14). The minimum absolute atomic E-state index is 0.430. The molecule has 6 heteroatoms. The number of hydrogen-bond acceptors (Lipinski definition) is 5. The molecule has 6 nitrogen and oxygen atoms in total. The maximum atomic E-state index is 5.86. The lowest BCUT2D eigenvalue weighted by Crippen LogP contribution is -2.05. The van der Waals surface area contributed by atoms with Crippen LogP contribution in [0.4, 0.5) is 5.95 Å². The molecule has 17 heavy (non-hydrogen) atoms. The van der Waals surface area contributed by atoms with Crippen LogP contribution in [0.1, 0.15) is 11.5 Å². The highest BCUT2D eigenvalue weighted by Crippen LogP contribution is 2.16. The van der Waals surface area contributed by atoms with E-state index in [0.717, 1.165) is 22.6 Å². The van der Waals surface area contributed by atoms with E-state index in [4.69, 9.17) is 10.3 Å². The average molecular weight is 229 g/mol. The van der Waals surface area contributed by atoms with Gasteiger partial charge >= 0.3 is 0 Å². The molecule has 3 rings (SSSR count). The SMILES string of the molecule is Cc1cc(Cn2c(N)nc3cccnc32)no1. The summed E-state index contributed by atoms with van der Waals surface area (Å²) in [6.07, 6.45) is 1.72. The lowest BCUT2D eigenvalue weighted by atomic mass is 10.3. The summed E-state index contributed by atoms with van der Waals surface area (Å²) < 4.78 is 6.83. The molecule has 3 aromatic heterocycles. The monoisotopic (exact) mass is 229 g/mol. The van der Waals surface area contributed by atoms with E-state index in [1.165, 1.54) is 0 Å². The van der Waals surface area contributed by atoms with Gasteiger partial charge in [0.25, 0.3) is 0 Å². The van der Waals surface area contributed by atoms with Gasteiger partial charge in [0, 0.05) is 12.3 Å². The van der Waals surface area contributed by atoms with Gasteiger partial charge in [0.1, 0.15) is 17.0 Å². The average Bonchev–Trinajstić information content (AvgIpc) is 2.85. The molecular formula is C11H11N5O. The summed E-state index contributed by atoms with van der Waals surface area (Å²) in [4.78, 5) is 8.50. The van der Waals surface area contributed by atoms with Crippen LogP contribution < -0.4 is 5.73 Å². The molecule has 0 amide bonds. The van der Waals surface area contributed by atoms with Crippen molar-refractivity contribution in [2.24, 2.45) is 0 Å². The number of nitrogen functional groups attached to an aromatic ring is 1. The van der Waals surface area contributed by atoms with Crippen LogP contribution in [0.3, 0.4) is 0 Å². The summed E-state index contributed by atoms with van der Waals surface area (Å²) in [6.45, 7) is 2.36.